The van der Waals surface area contributed by atoms with E-state index < -0.39 is 0 Å². The molecule has 0 spiro atoms. The van der Waals surface area contributed by atoms with E-state index in [2.05, 4.69) is 9.97 Å². The number of aromatic amines is 1. The van der Waals surface area contributed by atoms with Crippen molar-refractivity contribution in [3.8, 4) is 5.75 Å². The van der Waals surface area contributed by atoms with Gasteiger partial charge in [-0.3, -0.25) is 0 Å². The molecule has 0 saturated heterocycles. The minimum Gasteiger partial charge on any atom is -0.508 e. The van der Waals surface area contributed by atoms with Gasteiger partial charge in [-0.15, -0.1) is 0 Å². The summed E-state index contributed by atoms with van der Waals surface area (Å²) in [5.41, 5.74) is 8.40. The van der Waals surface area contributed by atoms with Crippen LogP contribution in [0.2, 0.25) is 0 Å². The van der Waals surface area contributed by atoms with Crippen LogP contribution in [-0.4, -0.2) is 15.1 Å². The van der Waals surface area contributed by atoms with Crippen molar-refractivity contribution < 1.29 is 5.11 Å². The molecule has 0 atom stereocenters. The molecule has 2 heterocycles. The molecule has 16 heavy (non-hydrogen) atoms. The Kier molecular flexibility index (Phi) is 1.63. The predicted molar refractivity (Wildman–Crippen MR) is 64.4 cm³/mol. The Morgan fingerprint density at radius 1 is 1.25 bits per heavy atom. The van der Waals surface area contributed by atoms with Crippen LogP contribution in [0.4, 0.5) is 5.82 Å². The number of rotatable bonds is 0. The number of H-pyrrole nitrogens is 1. The van der Waals surface area contributed by atoms with E-state index in [0.29, 0.717) is 5.82 Å². The van der Waals surface area contributed by atoms with E-state index in [1.54, 1.807) is 12.1 Å². The summed E-state index contributed by atoms with van der Waals surface area (Å²) in [6, 6.07) is 7.19. The van der Waals surface area contributed by atoms with E-state index >= 15 is 0 Å². The smallest absolute Gasteiger partial charge is 0.140 e. The Labute approximate surface area is 91.7 Å². The quantitative estimate of drug-likeness (QED) is 0.536. The highest BCUT2D eigenvalue weighted by Gasteiger charge is 2.07. The number of nitrogen functional groups attached to an aromatic ring is 1. The van der Waals surface area contributed by atoms with Gasteiger partial charge in [-0.1, -0.05) is 0 Å². The summed E-state index contributed by atoms with van der Waals surface area (Å²) in [6.45, 7) is 1.92. The van der Waals surface area contributed by atoms with Crippen molar-refractivity contribution in [2.45, 2.75) is 6.92 Å². The topological polar surface area (TPSA) is 74.9 Å². The fourth-order valence-electron chi connectivity index (χ4n) is 1.92. The number of aromatic nitrogens is 2. The fourth-order valence-corrected chi connectivity index (χ4v) is 1.92. The molecule has 80 valence electrons. The summed E-state index contributed by atoms with van der Waals surface area (Å²) in [5, 5.41) is 11.4. The lowest BCUT2D eigenvalue weighted by Gasteiger charge is -1.98. The number of pyridine rings is 1. The Hall–Kier alpha value is -2.23. The van der Waals surface area contributed by atoms with Gasteiger partial charge in [0.1, 0.15) is 17.2 Å². The predicted octanol–water partition coefficient (Wildman–Crippen LogP) is 2.31. The van der Waals surface area contributed by atoms with Gasteiger partial charge in [0, 0.05) is 16.3 Å². The zero-order valence-electron chi connectivity index (χ0n) is 8.78. The number of nitrogens with zero attached hydrogens (tertiary/aromatic N) is 1. The van der Waals surface area contributed by atoms with Gasteiger partial charge < -0.3 is 15.8 Å². The SMILES string of the molecule is Cc1cc2c(nc1N)[nH]c1ccc(O)cc12. The van der Waals surface area contributed by atoms with Gasteiger partial charge in [-0.05, 0) is 36.8 Å². The second-order valence-electron chi connectivity index (χ2n) is 3.94. The van der Waals surface area contributed by atoms with Gasteiger partial charge in [0.25, 0.3) is 0 Å². The molecule has 0 aliphatic carbocycles. The molecule has 0 aliphatic rings. The number of phenols is 1. The molecule has 2 aromatic heterocycles. The van der Waals surface area contributed by atoms with Gasteiger partial charge >= 0.3 is 0 Å². The van der Waals surface area contributed by atoms with Crippen molar-refractivity contribution in [2.24, 2.45) is 0 Å². The molecule has 1 aromatic carbocycles. The first-order valence-corrected chi connectivity index (χ1v) is 5.02. The fraction of sp³-hybridized carbons (Fsp3) is 0.0833. The number of fused-ring (bicyclic) bond motifs is 3. The average molecular weight is 213 g/mol. The van der Waals surface area contributed by atoms with Crippen molar-refractivity contribution in [1.29, 1.82) is 0 Å². The first-order valence-electron chi connectivity index (χ1n) is 5.02. The minimum absolute atomic E-state index is 0.253. The van der Waals surface area contributed by atoms with Crippen LogP contribution in [-0.2, 0) is 0 Å². The third kappa shape index (κ3) is 1.13. The number of aromatic hydroxyl groups is 1. The molecule has 3 aromatic rings. The van der Waals surface area contributed by atoms with E-state index in [1.807, 2.05) is 19.1 Å². The monoisotopic (exact) mass is 213 g/mol. The molecule has 4 N–H and O–H groups in total. The zero-order valence-corrected chi connectivity index (χ0v) is 8.78. The van der Waals surface area contributed by atoms with Crippen molar-refractivity contribution >= 4 is 27.8 Å². The van der Waals surface area contributed by atoms with Crippen LogP contribution in [0.5, 0.6) is 5.75 Å². The maximum absolute atomic E-state index is 9.47. The summed E-state index contributed by atoms with van der Waals surface area (Å²) in [5.74, 6) is 0.783. The number of benzene rings is 1. The lowest BCUT2D eigenvalue weighted by molar-refractivity contribution is 0.476. The molecule has 0 radical (unpaired) electrons. The molecule has 3 rings (SSSR count). The first kappa shape index (κ1) is 9.03. The summed E-state index contributed by atoms with van der Waals surface area (Å²) >= 11 is 0. The highest BCUT2D eigenvalue weighted by molar-refractivity contribution is 6.06. The Morgan fingerprint density at radius 3 is 2.88 bits per heavy atom. The third-order valence-corrected chi connectivity index (χ3v) is 2.80. The van der Waals surface area contributed by atoms with E-state index in [9.17, 15) is 5.11 Å². The zero-order chi connectivity index (χ0) is 11.3. The Morgan fingerprint density at radius 2 is 2.06 bits per heavy atom. The molecule has 0 bridgehead atoms. The third-order valence-electron chi connectivity index (χ3n) is 2.80. The van der Waals surface area contributed by atoms with Crippen molar-refractivity contribution in [3.63, 3.8) is 0 Å². The van der Waals surface area contributed by atoms with E-state index in [0.717, 1.165) is 27.5 Å². The average Bonchev–Trinajstić information content (AvgIpc) is 2.57. The summed E-state index contributed by atoms with van der Waals surface area (Å²) in [4.78, 5) is 7.45. The van der Waals surface area contributed by atoms with Crippen molar-refractivity contribution in [3.05, 3.63) is 29.8 Å². The number of anilines is 1. The molecule has 0 aliphatic heterocycles. The van der Waals surface area contributed by atoms with Gasteiger partial charge in [-0.2, -0.15) is 0 Å². The van der Waals surface area contributed by atoms with Crippen LogP contribution >= 0.6 is 0 Å². The maximum Gasteiger partial charge on any atom is 0.140 e. The van der Waals surface area contributed by atoms with Gasteiger partial charge in [-0.25, -0.2) is 4.98 Å². The minimum atomic E-state index is 0.253. The summed E-state index contributed by atoms with van der Waals surface area (Å²) < 4.78 is 0. The number of nitrogens with one attached hydrogen (secondary N) is 1. The van der Waals surface area contributed by atoms with Crippen LogP contribution in [0.25, 0.3) is 21.9 Å². The second-order valence-corrected chi connectivity index (χ2v) is 3.94. The largest absolute Gasteiger partial charge is 0.508 e. The van der Waals surface area contributed by atoms with Crippen molar-refractivity contribution in [1.82, 2.24) is 9.97 Å². The van der Waals surface area contributed by atoms with Crippen LogP contribution in [0.3, 0.4) is 0 Å². The molecular weight excluding hydrogens is 202 g/mol. The van der Waals surface area contributed by atoms with E-state index in [4.69, 9.17) is 5.73 Å². The Bertz CT molecular complexity index is 700. The van der Waals surface area contributed by atoms with Gasteiger partial charge in [0.15, 0.2) is 0 Å². The molecule has 4 nitrogen and oxygen atoms in total. The number of phenolic OH excluding ortho intramolecular Hbond substituents is 1. The highest BCUT2D eigenvalue weighted by atomic mass is 16.3. The number of hydrogen-bond donors (Lipinski definition) is 3. The van der Waals surface area contributed by atoms with Crippen molar-refractivity contribution in [2.75, 3.05) is 5.73 Å². The lowest BCUT2D eigenvalue weighted by atomic mass is 10.1. The second kappa shape index (κ2) is 2.88. The van der Waals surface area contributed by atoms with Gasteiger partial charge in [0.2, 0.25) is 0 Å². The van der Waals surface area contributed by atoms with E-state index in [-0.39, 0.29) is 5.75 Å². The summed E-state index contributed by atoms with van der Waals surface area (Å²) in [6.07, 6.45) is 0. The molecule has 0 saturated carbocycles. The molecule has 0 unspecified atom stereocenters. The highest BCUT2D eigenvalue weighted by Crippen LogP contribution is 2.28. The number of aryl methyl sites for hydroxylation is 1. The molecular formula is C12H11N3O. The molecule has 4 heteroatoms. The maximum atomic E-state index is 9.47. The van der Waals surface area contributed by atoms with Crippen LogP contribution in [0, 0.1) is 6.92 Å². The normalized spacial score (nSPS) is 11.3. The van der Waals surface area contributed by atoms with Crippen LogP contribution in [0.15, 0.2) is 24.3 Å². The first-order chi connectivity index (χ1) is 7.65. The standard InChI is InChI=1S/C12H11N3O/c1-6-4-9-8-5-7(16)2-3-10(8)14-12(9)15-11(6)13/h2-5,16H,1H3,(H3,13,14,15). The number of hydrogen-bond acceptors (Lipinski definition) is 3. The summed E-state index contributed by atoms with van der Waals surface area (Å²) in [7, 11) is 0. The Balaban J connectivity index is 2.53. The van der Waals surface area contributed by atoms with Crippen LogP contribution < -0.4 is 5.73 Å². The van der Waals surface area contributed by atoms with E-state index in [1.165, 1.54) is 0 Å². The van der Waals surface area contributed by atoms with Crippen LogP contribution in [0.1, 0.15) is 5.56 Å². The number of nitrogens with two attached hydrogens (primary N) is 1. The lowest BCUT2D eigenvalue weighted by Crippen LogP contribution is -1.93. The molecule has 0 fully saturated rings. The van der Waals surface area contributed by atoms with Gasteiger partial charge in [0.05, 0.1) is 0 Å². The molecule has 0 amide bonds.